The smallest absolute Gasteiger partial charge is 0.239 e. The third-order valence-corrected chi connectivity index (χ3v) is 9.60. The number of amides is 3. The minimum atomic E-state index is -0.483. The minimum Gasteiger partial charge on any atom is -0.356 e. The van der Waals surface area contributed by atoms with E-state index in [4.69, 9.17) is 0 Å². The van der Waals surface area contributed by atoms with Crippen molar-refractivity contribution in [2.75, 3.05) is 36.9 Å². The van der Waals surface area contributed by atoms with Crippen LogP contribution in [0.2, 0.25) is 0 Å². The molecule has 0 atom stereocenters. The summed E-state index contributed by atoms with van der Waals surface area (Å²) in [6.07, 6.45) is 11.3. The first kappa shape index (κ1) is 45.0. The number of thioether (sulfide) groups is 3. The van der Waals surface area contributed by atoms with E-state index in [-0.39, 0.29) is 23.5 Å². The topological polar surface area (TPSA) is 173 Å². The molecule has 0 fully saturated rings. The van der Waals surface area contributed by atoms with Gasteiger partial charge in [-0.1, -0.05) is 39.5 Å². The highest BCUT2D eigenvalue weighted by atomic mass is 32.2. The van der Waals surface area contributed by atoms with Gasteiger partial charge in [0.15, 0.2) is 5.78 Å². The van der Waals surface area contributed by atoms with Crippen molar-refractivity contribution < 1.29 is 38.4 Å². The molecule has 51 heavy (non-hydrogen) atoms. The van der Waals surface area contributed by atoms with E-state index in [1.807, 2.05) is 26.8 Å². The van der Waals surface area contributed by atoms with Crippen LogP contribution in [0.15, 0.2) is 80.0 Å². The Labute approximate surface area is 312 Å². The van der Waals surface area contributed by atoms with Gasteiger partial charge in [0.05, 0.1) is 9.81 Å². The third-order valence-electron chi connectivity index (χ3n) is 6.70. The van der Waals surface area contributed by atoms with E-state index in [1.165, 1.54) is 74.3 Å². The Morgan fingerprint density at radius 1 is 0.588 bits per heavy atom. The van der Waals surface area contributed by atoms with E-state index in [1.54, 1.807) is 12.2 Å². The fraction of sp³-hybridized carbons (Fsp3) is 0.405. The SMILES string of the molecule is C=C1C=CC(CCNC(C)=O)=C(SCC)C1=O.CCSC1=CC(=O)C(=O)C=C1CCNC(C)=O.CCSC1=CC(CCNC(C)=O)=CC(=O)C1=O. The second kappa shape index (κ2) is 24.2. The number of carbonyl (C=O) groups is 8. The summed E-state index contributed by atoms with van der Waals surface area (Å²) in [5.41, 5.74) is 3.14. The van der Waals surface area contributed by atoms with Crippen LogP contribution in [-0.2, 0) is 38.4 Å². The van der Waals surface area contributed by atoms with E-state index in [0.717, 1.165) is 43.8 Å². The number of carbonyl (C=O) groups excluding carboxylic acids is 8. The predicted octanol–water partition coefficient (Wildman–Crippen LogP) is 4.67. The van der Waals surface area contributed by atoms with E-state index in [2.05, 4.69) is 22.5 Å². The van der Waals surface area contributed by atoms with E-state index in [9.17, 15) is 38.4 Å². The van der Waals surface area contributed by atoms with Crippen molar-refractivity contribution in [1.82, 2.24) is 16.0 Å². The Bertz CT molecular complexity index is 1600. The summed E-state index contributed by atoms with van der Waals surface area (Å²) in [6.45, 7) is 15.5. The Morgan fingerprint density at radius 2 is 1.10 bits per heavy atom. The average molecular weight is 758 g/mol. The van der Waals surface area contributed by atoms with Crippen molar-refractivity contribution in [1.29, 1.82) is 0 Å². The molecule has 3 aliphatic rings. The highest BCUT2D eigenvalue weighted by Gasteiger charge is 2.23. The van der Waals surface area contributed by atoms with Crippen LogP contribution in [0.5, 0.6) is 0 Å². The maximum atomic E-state index is 11.9. The van der Waals surface area contributed by atoms with Gasteiger partial charge in [-0.05, 0) is 71.5 Å². The van der Waals surface area contributed by atoms with Gasteiger partial charge in [0.2, 0.25) is 40.9 Å². The van der Waals surface area contributed by atoms with E-state index in [0.29, 0.717) is 49.4 Å². The highest BCUT2D eigenvalue weighted by molar-refractivity contribution is 8.04. The Kier molecular flexibility index (Phi) is 21.4. The zero-order chi connectivity index (χ0) is 38.5. The van der Waals surface area contributed by atoms with Gasteiger partial charge in [-0.15, -0.1) is 35.3 Å². The van der Waals surface area contributed by atoms with Crippen LogP contribution < -0.4 is 16.0 Å². The molecular weight excluding hydrogens is 711 g/mol. The zero-order valence-electron chi connectivity index (χ0n) is 30.0. The van der Waals surface area contributed by atoms with Crippen molar-refractivity contribution in [3.63, 3.8) is 0 Å². The molecule has 0 aliphatic heterocycles. The lowest BCUT2D eigenvalue weighted by Gasteiger charge is -2.15. The molecule has 11 nitrogen and oxygen atoms in total. The van der Waals surface area contributed by atoms with Gasteiger partial charge in [-0.2, -0.15) is 0 Å². The molecule has 276 valence electrons. The fourth-order valence-electron chi connectivity index (χ4n) is 4.38. The molecule has 3 N–H and O–H groups in total. The molecule has 3 aliphatic carbocycles. The largest absolute Gasteiger partial charge is 0.356 e. The van der Waals surface area contributed by atoms with Gasteiger partial charge in [-0.25, -0.2) is 0 Å². The average Bonchev–Trinajstić information content (AvgIpc) is 3.05. The molecule has 0 unspecified atom stereocenters. The molecule has 0 aromatic carbocycles. The molecule has 0 bridgehead atoms. The Hall–Kier alpha value is -4.01. The third kappa shape index (κ3) is 17.2. The highest BCUT2D eigenvalue weighted by Crippen LogP contribution is 2.30. The number of ketones is 5. The van der Waals surface area contributed by atoms with Crippen molar-refractivity contribution in [3.05, 3.63) is 80.0 Å². The van der Waals surface area contributed by atoms with Gasteiger partial charge < -0.3 is 16.0 Å². The summed E-state index contributed by atoms with van der Waals surface area (Å²) in [5.74, 6) is 0.353. The molecule has 3 rings (SSSR count). The molecule has 0 aromatic rings. The van der Waals surface area contributed by atoms with Crippen LogP contribution >= 0.6 is 35.3 Å². The van der Waals surface area contributed by atoms with Crippen LogP contribution in [0.3, 0.4) is 0 Å². The molecular formula is C37H47N3O8S3. The summed E-state index contributed by atoms with van der Waals surface area (Å²) in [7, 11) is 0. The van der Waals surface area contributed by atoms with Gasteiger partial charge in [0.25, 0.3) is 0 Å². The molecule has 0 radical (unpaired) electrons. The second-order valence-electron chi connectivity index (χ2n) is 10.9. The van der Waals surface area contributed by atoms with Crippen LogP contribution in [0, 0.1) is 0 Å². The van der Waals surface area contributed by atoms with Crippen molar-refractivity contribution >= 4 is 81.9 Å². The predicted molar refractivity (Wildman–Crippen MR) is 207 cm³/mol. The first-order chi connectivity index (χ1) is 24.1. The molecule has 0 heterocycles. The van der Waals surface area contributed by atoms with Gasteiger partial charge in [-0.3, -0.25) is 38.4 Å². The molecule has 0 aromatic heterocycles. The van der Waals surface area contributed by atoms with Crippen LogP contribution in [-0.4, -0.2) is 83.5 Å². The maximum Gasteiger partial charge on any atom is 0.239 e. The van der Waals surface area contributed by atoms with Gasteiger partial charge >= 0.3 is 0 Å². The second-order valence-corrected chi connectivity index (χ2v) is 14.8. The number of hydrogen-bond donors (Lipinski definition) is 3. The van der Waals surface area contributed by atoms with Crippen LogP contribution in [0.1, 0.15) is 60.8 Å². The van der Waals surface area contributed by atoms with E-state index < -0.39 is 23.1 Å². The lowest BCUT2D eigenvalue weighted by Crippen LogP contribution is -2.22. The van der Waals surface area contributed by atoms with Crippen LogP contribution in [0.25, 0.3) is 0 Å². The fourth-order valence-corrected chi connectivity index (χ4v) is 6.91. The molecule has 0 saturated heterocycles. The first-order valence-corrected chi connectivity index (χ1v) is 19.4. The lowest BCUT2D eigenvalue weighted by atomic mass is 10.00. The van der Waals surface area contributed by atoms with Gasteiger partial charge in [0, 0.05) is 57.0 Å². The van der Waals surface area contributed by atoms with E-state index >= 15 is 0 Å². The minimum absolute atomic E-state index is 0.0113. The Morgan fingerprint density at radius 3 is 1.65 bits per heavy atom. The number of nitrogens with one attached hydrogen (secondary N) is 3. The quantitative estimate of drug-likeness (QED) is 0.120. The van der Waals surface area contributed by atoms with Gasteiger partial charge in [0.1, 0.15) is 0 Å². The number of rotatable bonds is 15. The van der Waals surface area contributed by atoms with Crippen LogP contribution in [0.4, 0.5) is 0 Å². The summed E-state index contributed by atoms with van der Waals surface area (Å²) in [5, 5.41) is 8.05. The normalized spacial score (nSPS) is 15.4. The van der Waals surface area contributed by atoms with Crippen molar-refractivity contribution in [3.8, 4) is 0 Å². The summed E-state index contributed by atoms with van der Waals surface area (Å²) in [6, 6.07) is 0. The summed E-state index contributed by atoms with van der Waals surface area (Å²) < 4.78 is 0. The number of hydrogen-bond acceptors (Lipinski definition) is 11. The molecule has 0 saturated carbocycles. The standard InChI is InChI=1S/C13H17NO2S.2C12H15NO3S/c1-4-17-13-11(7-8-14-10(3)15)6-5-9(2)12(13)16;1-3-17-12-7-11(16)10(15)6-9(12)4-5-13-8(2)14;1-3-17-11-7-9(4-5-13-8(2)14)6-10(15)12(11)16/h5-6H,2,4,7-8H2,1,3H3,(H,14,15);2*6-7H,3-5H2,1-2H3,(H,13,14). The first-order valence-electron chi connectivity index (χ1n) is 16.4. The van der Waals surface area contributed by atoms with Crippen molar-refractivity contribution in [2.24, 2.45) is 0 Å². The molecule has 14 heteroatoms. The molecule has 3 amide bonds. The summed E-state index contributed by atoms with van der Waals surface area (Å²) >= 11 is 4.44. The number of allylic oxidation sites excluding steroid dienone is 10. The lowest BCUT2D eigenvalue weighted by molar-refractivity contribution is -0.131. The monoisotopic (exact) mass is 757 g/mol. The zero-order valence-corrected chi connectivity index (χ0v) is 32.5. The number of Topliss-reactive ketones (excluding diaryl/α,β-unsaturated/α-hetero) is 2. The summed E-state index contributed by atoms with van der Waals surface area (Å²) in [4.78, 5) is 91.7. The molecule has 0 spiro atoms. The Balaban J connectivity index is 0.000000382. The maximum absolute atomic E-state index is 11.9. The van der Waals surface area contributed by atoms with Crippen molar-refractivity contribution in [2.45, 2.75) is 60.8 Å².